The molecule has 30 heavy (non-hydrogen) atoms. The predicted molar refractivity (Wildman–Crippen MR) is 116 cm³/mol. The number of amides is 1. The summed E-state index contributed by atoms with van der Waals surface area (Å²) in [4.78, 5) is 29.3. The lowest BCUT2D eigenvalue weighted by molar-refractivity contribution is -0.134. The maximum absolute atomic E-state index is 12.9. The molecule has 2 aromatic rings. The van der Waals surface area contributed by atoms with E-state index in [1.165, 1.54) is 11.8 Å². The van der Waals surface area contributed by atoms with E-state index in [4.69, 9.17) is 9.73 Å². The largest absolute Gasteiger partial charge is 0.427 e. The van der Waals surface area contributed by atoms with Crippen LogP contribution in [0, 0.1) is 0 Å². The first kappa shape index (κ1) is 19.9. The van der Waals surface area contributed by atoms with E-state index in [9.17, 15) is 9.59 Å². The van der Waals surface area contributed by atoms with Crippen molar-refractivity contribution in [2.45, 2.75) is 19.5 Å². The number of para-hydroxylation sites is 1. The molecule has 8 heteroatoms. The van der Waals surface area contributed by atoms with Crippen LogP contribution in [-0.2, 0) is 9.59 Å². The summed E-state index contributed by atoms with van der Waals surface area (Å²) >= 11 is 1.39. The fourth-order valence-corrected chi connectivity index (χ4v) is 3.75. The predicted octanol–water partition coefficient (Wildman–Crippen LogP) is 2.06. The molecule has 2 aliphatic rings. The Bertz CT molecular complexity index is 1160. The summed E-state index contributed by atoms with van der Waals surface area (Å²) in [5.74, 6) is 0.569. The molecular weight excluding hydrogens is 400 g/mol. The molecule has 1 amide bonds. The van der Waals surface area contributed by atoms with Crippen molar-refractivity contribution in [3.8, 4) is 5.75 Å². The number of nitrogens with one attached hydrogen (secondary N) is 1. The molecule has 0 aromatic heterocycles. The number of rotatable bonds is 5. The van der Waals surface area contributed by atoms with Crippen molar-refractivity contribution in [2.24, 2.45) is 10.1 Å². The highest BCUT2D eigenvalue weighted by Gasteiger charge is 2.34. The molecule has 152 valence electrons. The second-order valence-corrected chi connectivity index (χ2v) is 7.58. The first-order valence-corrected chi connectivity index (χ1v) is 10.5. The van der Waals surface area contributed by atoms with Crippen LogP contribution in [0.3, 0.4) is 0 Å². The van der Waals surface area contributed by atoms with Gasteiger partial charge in [0.1, 0.15) is 11.4 Å². The van der Waals surface area contributed by atoms with Gasteiger partial charge >= 0.3 is 5.97 Å². The van der Waals surface area contributed by atoms with E-state index in [1.807, 2.05) is 36.4 Å². The Labute approximate surface area is 177 Å². The third-order valence-electron chi connectivity index (χ3n) is 4.55. The van der Waals surface area contributed by atoms with Crippen molar-refractivity contribution in [1.29, 1.82) is 0 Å². The number of benzene rings is 2. The Morgan fingerprint density at radius 1 is 1.27 bits per heavy atom. The zero-order valence-electron chi connectivity index (χ0n) is 16.4. The van der Waals surface area contributed by atoms with E-state index in [-0.39, 0.29) is 11.9 Å². The molecule has 0 unspecified atom stereocenters. The van der Waals surface area contributed by atoms with Crippen LogP contribution in [0.25, 0.3) is 5.70 Å². The lowest BCUT2D eigenvalue weighted by Crippen LogP contribution is -2.50. The Morgan fingerprint density at radius 3 is 2.77 bits per heavy atom. The van der Waals surface area contributed by atoms with Crippen molar-refractivity contribution in [3.63, 3.8) is 0 Å². The molecule has 1 atom stereocenters. The summed E-state index contributed by atoms with van der Waals surface area (Å²) in [5, 5.41) is 11.1. The molecule has 0 saturated carbocycles. The van der Waals surface area contributed by atoms with Crippen molar-refractivity contribution in [1.82, 2.24) is 10.3 Å². The van der Waals surface area contributed by atoms with Crippen molar-refractivity contribution in [3.05, 3.63) is 77.3 Å². The van der Waals surface area contributed by atoms with Gasteiger partial charge in [0.15, 0.2) is 11.3 Å². The van der Waals surface area contributed by atoms with E-state index in [0.29, 0.717) is 28.8 Å². The number of ether oxygens (including phenoxy) is 1. The number of esters is 1. The number of hydrogen-bond donors (Lipinski definition) is 1. The molecule has 1 N–H and O–H groups in total. The van der Waals surface area contributed by atoms with Crippen LogP contribution in [-0.4, -0.2) is 27.8 Å². The number of fused-ring (bicyclic) bond motifs is 2. The molecule has 4 rings (SSSR count). The fraction of sp³-hybridized carbons (Fsp3) is 0.182. The monoisotopic (exact) mass is 420 g/mol. The smallest absolute Gasteiger partial charge is 0.310 e. The van der Waals surface area contributed by atoms with Crippen molar-refractivity contribution < 1.29 is 14.3 Å². The number of carbonyl (C=O) groups is 2. The van der Waals surface area contributed by atoms with Crippen LogP contribution in [0.15, 0.2) is 71.3 Å². The molecule has 2 aliphatic heterocycles. The second kappa shape index (κ2) is 8.54. The molecule has 0 radical (unpaired) electrons. The zero-order chi connectivity index (χ0) is 21.1. The number of amidine groups is 1. The lowest BCUT2D eigenvalue weighted by atomic mass is 10.1. The highest BCUT2D eigenvalue weighted by molar-refractivity contribution is 8.14. The molecule has 0 bridgehead atoms. The Morgan fingerprint density at radius 2 is 2.03 bits per heavy atom. The van der Waals surface area contributed by atoms with Gasteiger partial charge in [0.2, 0.25) is 0 Å². The summed E-state index contributed by atoms with van der Waals surface area (Å²) in [6.07, 6.45) is 1.54. The van der Waals surface area contributed by atoms with Gasteiger partial charge in [-0.05, 0) is 23.8 Å². The Balaban J connectivity index is 1.77. The number of thioether (sulfide) groups is 1. The number of hydrazone groups is 1. The SMILES string of the molecule is C=CCSC1=NN2C(=c3ccccc3=N[C@@H]2c2ccc(OC(=O)CC)cc2)C(=O)N1. The van der Waals surface area contributed by atoms with E-state index >= 15 is 0 Å². The second-order valence-electron chi connectivity index (χ2n) is 6.57. The van der Waals surface area contributed by atoms with Gasteiger partial charge in [-0.1, -0.05) is 55.1 Å². The third-order valence-corrected chi connectivity index (χ3v) is 5.41. The average Bonchev–Trinajstić information content (AvgIpc) is 2.77. The molecule has 0 aliphatic carbocycles. The first-order chi connectivity index (χ1) is 14.6. The maximum atomic E-state index is 12.9. The summed E-state index contributed by atoms with van der Waals surface area (Å²) in [6, 6.07) is 14.6. The summed E-state index contributed by atoms with van der Waals surface area (Å²) in [7, 11) is 0. The standard InChI is InChI=1S/C22H20N4O3S/c1-3-13-30-22-24-21(28)19-16-7-5-6-8-17(16)23-20(26(19)25-22)14-9-11-15(12-10-14)29-18(27)4-2/h3,5-12,20H,1,4,13H2,2H3,(H,24,25,28)/t20-/m0/s1. The number of nitrogens with zero attached hydrogens (tertiary/aromatic N) is 3. The van der Waals surface area contributed by atoms with Crippen LogP contribution in [0.2, 0.25) is 0 Å². The van der Waals surface area contributed by atoms with E-state index in [2.05, 4.69) is 17.0 Å². The van der Waals surface area contributed by atoms with Gasteiger partial charge in [-0.3, -0.25) is 19.9 Å². The summed E-state index contributed by atoms with van der Waals surface area (Å²) in [5.41, 5.74) is 1.28. The molecule has 2 heterocycles. The first-order valence-electron chi connectivity index (χ1n) is 9.51. The van der Waals surface area contributed by atoms with Gasteiger partial charge in [0.05, 0.1) is 5.36 Å². The van der Waals surface area contributed by atoms with Crippen LogP contribution in [0.5, 0.6) is 5.75 Å². The topological polar surface area (TPSA) is 83.4 Å². The van der Waals surface area contributed by atoms with Gasteiger partial charge in [0, 0.05) is 17.4 Å². The molecule has 7 nitrogen and oxygen atoms in total. The van der Waals surface area contributed by atoms with E-state index in [0.717, 1.165) is 16.1 Å². The van der Waals surface area contributed by atoms with Gasteiger partial charge in [-0.2, -0.15) is 0 Å². The lowest BCUT2D eigenvalue weighted by Gasteiger charge is -2.34. The molecule has 0 fully saturated rings. The molecular formula is C22H20N4O3S. The van der Waals surface area contributed by atoms with Gasteiger partial charge in [-0.25, -0.2) is 5.01 Å². The summed E-state index contributed by atoms with van der Waals surface area (Å²) in [6.45, 7) is 5.45. The minimum atomic E-state index is -0.517. The highest BCUT2D eigenvalue weighted by atomic mass is 32.2. The minimum absolute atomic E-state index is 0.225. The number of carbonyl (C=O) groups excluding carboxylic acids is 2. The van der Waals surface area contributed by atoms with Crippen molar-refractivity contribution in [2.75, 3.05) is 5.75 Å². The van der Waals surface area contributed by atoms with Gasteiger partial charge in [-0.15, -0.1) is 11.7 Å². The Hall–Kier alpha value is -3.39. The minimum Gasteiger partial charge on any atom is -0.427 e. The quantitative estimate of drug-likeness (QED) is 0.455. The average molecular weight is 420 g/mol. The highest BCUT2D eigenvalue weighted by Crippen LogP contribution is 2.31. The number of hydrogen-bond acceptors (Lipinski definition) is 7. The van der Waals surface area contributed by atoms with Crippen molar-refractivity contribution >= 4 is 34.5 Å². The van der Waals surface area contributed by atoms with Crippen LogP contribution in [0.1, 0.15) is 25.1 Å². The summed E-state index contributed by atoms with van der Waals surface area (Å²) < 4.78 is 5.25. The molecule has 0 spiro atoms. The molecule has 0 saturated heterocycles. The van der Waals surface area contributed by atoms with Gasteiger partial charge in [0.25, 0.3) is 5.91 Å². The van der Waals surface area contributed by atoms with Crippen LogP contribution in [0.4, 0.5) is 0 Å². The normalized spacial score (nSPS) is 17.2. The van der Waals surface area contributed by atoms with Gasteiger partial charge < -0.3 is 4.74 Å². The fourth-order valence-electron chi connectivity index (χ4n) is 3.16. The Kier molecular flexibility index (Phi) is 5.67. The third kappa shape index (κ3) is 3.86. The van der Waals surface area contributed by atoms with E-state index < -0.39 is 6.17 Å². The van der Waals surface area contributed by atoms with Crippen LogP contribution < -0.4 is 20.6 Å². The maximum Gasteiger partial charge on any atom is 0.310 e. The van der Waals surface area contributed by atoms with Crippen LogP contribution >= 0.6 is 11.8 Å². The van der Waals surface area contributed by atoms with E-state index in [1.54, 1.807) is 30.1 Å². The zero-order valence-corrected chi connectivity index (χ0v) is 17.2. The molecule has 2 aromatic carbocycles.